The Kier molecular flexibility index (Phi) is 3.76. The molecule has 0 amide bonds. The highest BCUT2D eigenvalue weighted by atomic mass is 16.5. The Morgan fingerprint density at radius 3 is 3.00 bits per heavy atom. The topological polar surface area (TPSA) is 75.5 Å². The van der Waals surface area contributed by atoms with Gasteiger partial charge in [-0.25, -0.2) is 14.8 Å². The van der Waals surface area contributed by atoms with Crippen LogP contribution in [-0.2, 0) is 4.74 Å². The SMILES string of the molecule is COC1CCN(c2ncncc2C(=O)O)C(C)C1. The van der Waals surface area contributed by atoms with Gasteiger partial charge in [0.05, 0.1) is 6.10 Å². The van der Waals surface area contributed by atoms with Gasteiger partial charge in [-0.3, -0.25) is 0 Å². The number of hydrogen-bond donors (Lipinski definition) is 1. The molecule has 1 aromatic heterocycles. The maximum atomic E-state index is 11.2. The van der Waals surface area contributed by atoms with Crippen LogP contribution in [0.3, 0.4) is 0 Å². The third kappa shape index (κ3) is 2.43. The first-order valence-corrected chi connectivity index (χ1v) is 5.96. The molecule has 2 heterocycles. The molecule has 1 fully saturated rings. The summed E-state index contributed by atoms with van der Waals surface area (Å²) in [7, 11) is 1.71. The molecule has 0 bridgehead atoms. The van der Waals surface area contributed by atoms with E-state index in [-0.39, 0.29) is 17.7 Å². The smallest absolute Gasteiger partial charge is 0.341 e. The van der Waals surface area contributed by atoms with Gasteiger partial charge in [-0.1, -0.05) is 0 Å². The number of methoxy groups -OCH3 is 1. The number of piperidine rings is 1. The van der Waals surface area contributed by atoms with E-state index in [0.29, 0.717) is 5.82 Å². The fourth-order valence-corrected chi connectivity index (χ4v) is 2.36. The average molecular weight is 251 g/mol. The Hall–Kier alpha value is -1.69. The van der Waals surface area contributed by atoms with Gasteiger partial charge in [0.25, 0.3) is 0 Å². The Labute approximate surface area is 106 Å². The second kappa shape index (κ2) is 5.30. The molecule has 0 saturated carbocycles. The van der Waals surface area contributed by atoms with Crippen molar-refractivity contribution in [2.75, 3.05) is 18.6 Å². The minimum atomic E-state index is -0.994. The van der Waals surface area contributed by atoms with Crippen LogP contribution < -0.4 is 4.90 Å². The van der Waals surface area contributed by atoms with Crippen LogP contribution in [0, 0.1) is 0 Å². The van der Waals surface area contributed by atoms with E-state index < -0.39 is 5.97 Å². The molecular weight excluding hydrogens is 234 g/mol. The predicted molar refractivity (Wildman–Crippen MR) is 65.8 cm³/mol. The van der Waals surface area contributed by atoms with Crippen molar-refractivity contribution in [1.29, 1.82) is 0 Å². The van der Waals surface area contributed by atoms with E-state index in [4.69, 9.17) is 9.84 Å². The quantitative estimate of drug-likeness (QED) is 0.869. The molecular formula is C12H17N3O3. The Balaban J connectivity index is 2.24. The number of anilines is 1. The van der Waals surface area contributed by atoms with Crippen LogP contribution in [0.15, 0.2) is 12.5 Å². The largest absolute Gasteiger partial charge is 0.477 e. The second-order valence-electron chi connectivity index (χ2n) is 4.49. The average Bonchev–Trinajstić information content (AvgIpc) is 2.38. The van der Waals surface area contributed by atoms with Gasteiger partial charge in [0.2, 0.25) is 0 Å². The molecule has 1 saturated heterocycles. The van der Waals surface area contributed by atoms with Gasteiger partial charge in [-0.05, 0) is 19.8 Å². The second-order valence-corrected chi connectivity index (χ2v) is 4.49. The molecule has 1 aromatic rings. The molecule has 1 aliphatic rings. The van der Waals surface area contributed by atoms with Gasteiger partial charge in [-0.2, -0.15) is 0 Å². The van der Waals surface area contributed by atoms with E-state index in [2.05, 4.69) is 16.9 Å². The maximum absolute atomic E-state index is 11.2. The lowest BCUT2D eigenvalue weighted by Crippen LogP contribution is -2.44. The molecule has 6 heteroatoms. The van der Waals surface area contributed by atoms with Crippen LogP contribution in [0.4, 0.5) is 5.82 Å². The Morgan fingerprint density at radius 1 is 1.61 bits per heavy atom. The van der Waals surface area contributed by atoms with Crippen LogP contribution >= 0.6 is 0 Å². The Bertz CT molecular complexity index is 438. The summed E-state index contributed by atoms with van der Waals surface area (Å²) in [6.07, 6.45) is 4.73. The molecule has 2 rings (SSSR count). The number of aromatic nitrogens is 2. The van der Waals surface area contributed by atoms with Crippen LogP contribution in [0.5, 0.6) is 0 Å². The van der Waals surface area contributed by atoms with E-state index in [9.17, 15) is 4.79 Å². The number of carbonyl (C=O) groups is 1. The van der Waals surface area contributed by atoms with Crippen molar-refractivity contribution in [2.24, 2.45) is 0 Å². The van der Waals surface area contributed by atoms with Crippen molar-refractivity contribution in [1.82, 2.24) is 9.97 Å². The highest BCUT2D eigenvalue weighted by Crippen LogP contribution is 2.26. The van der Waals surface area contributed by atoms with Crippen molar-refractivity contribution in [2.45, 2.75) is 31.9 Å². The van der Waals surface area contributed by atoms with E-state index >= 15 is 0 Å². The summed E-state index contributed by atoms with van der Waals surface area (Å²) in [5.74, 6) is -0.494. The monoisotopic (exact) mass is 251 g/mol. The number of carboxylic acid groups (broad SMARTS) is 1. The zero-order chi connectivity index (χ0) is 13.1. The standard InChI is InChI=1S/C12H17N3O3/c1-8-5-9(18-2)3-4-15(8)11-10(12(16)17)6-13-7-14-11/h6-9H,3-5H2,1-2H3,(H,16,17). The molecule has 0 radical (unpaired) electrons. The van der Waals surface area contributed by atoms with Gasteiger partial charge in [0.1, 0.15) is 17.7 Å². The van der Waals surface area contributed by atoms with Gasteiger partial charge < -0.3 is 14.7 Å². The molecule has 2 atom stereocenters. The summed E-state index contributed by atoms with van der Waals surface area (Å²) in [5.41, 5.74) is 0.153. The highest BCUT2D eigenvalue weighted by Gasteiger charge is 2.28. The molecule has 1 N–H and O–H groups in total. The van der Waals surface area contributed by atoms with Crippen LogP contribution in [-0.4, -0.2) is 46.8 Å². The summed E-state index contributed by atoms with van der Waals surface area (Å²) < 4.78 is 5.35. The first kappa shape index (κ1) is 12.8. The third-order valence-corrected chi connectivity index (χ3v) is 3.36. The fraction of sp³-hybridized carbons (Fsp3) is 0.583. The van der Waals surface area contributed by atoms with Crippen molar-refractivity contribution < 1.29 is 14.6 Å². The molecule has 18 heavy (non-hydrogen) atoms. The zero-order valence-corrected chi connectivity index (χ0v) is 10.5. The molecule has 0 aliphatic carbocycles. The number of aromatic carboxylic acids is 1. The number of rotatable bonds is 3. The number of carboxylic acids is 1. The van der Waals surface area contributed by atoms with E-state index in [1.807, 2.05) is 4.90 Å². The first-order valence-electron chi connectivity index (χ1n) is 5.96. The number of hydrogen-bond acceptors (Lipinski definition) is 5. The Morgan fingerprint density at radius 2 is 2.39 bits per heavy atom. The summed E-state index contributed by atoms with van der Waals surface area (Å²) in [5, 5.41) is 9.15. The minimum absolute atomic E-state index is 0.153. The van der Waals surface area contributed by atoms with Crippen LogP contribution in [0.25, 0.3) is 0 Å². The van der Waals surface area contributed by atoms with Crippen molar-refractivity contribution in [3.8, 4) is 0 Å². The first-order chi connectivity index (χ1) is 8.63. The molecule has 6 nitrogen and oxygen atoms in total. The molecule has 0 spiro atoms. The molecule has 98 valence electrons. The summed E-state index contributed by atoms with van der Waals surface area (Å²) in [6, 6.07) is 0.205. The number of ether oxygens (including phenoxy) is 1. The summed E-state index contributed by atoms with van der Waals surface area (Å²) >= 11 is 0. The summed E-state index contributed by atoms with van der Waals surface area (Å²) in [6.45, 7) is 2.80. The van der Waals surface area contributed by atoms with Gasteiger partial charge in [0.15, 0.2) is 0 Å². The van der Waals surface area contributed by atoms with Gasteiger partial charge >= 0.3 is 5.97 Å². The molecule has 0 aromatic carbocycles. The minimum Gasteiger partial charge on any atom is -0.477 e. The van der Waals surface area contributed by atoms with E-state index in [0.717, 1.165) is 19.4 Å². The van der Waals surface area contributed by atoms with Crippen LogP contribution in [0.1, 0.15) is 30.1 Å². The molecule has 1 aliphatic heterocycles. The summed E-state index contributed by atoms with van der Waals surface area (Å²) in [4.78, 5) is 21.1. The van der Waals surface area contributed by atoms with Crippen molar-refractivity contribution >= 4 is 11.8 Å². The van der Waals surface area contributed by atoms with E-state index in [1.165, 1.54) is 12.5 Å². The lowest BCUT2D eigenvalue weighted by molar-refractivity contribution is 0.0689. The normalized spacial score (nSPS) is 24.0. The highest BCUT2D eigenvalue weighted by molar-refractivity contribution is 5.92. The van der Waals surface area contributed by atoms with E-state index in [1.54, 1.807) is 7.11 Å². The maximum Gasteiger partial charge on any atom is 0.341 e. The molecule has 2 unspecified atom stereocenters. The zero-order valence-electron chi connectivity index (χ0n) is 10.5. The fourth-order valence-electron chi connectivity index (χ4n) is 2.36. The van der Waals surface area contributed by atoms with Gasteiger partial charge in [-0.15, -0.1) is 0 Å². The van der Waals surface area contributed by atoms with Crippen molar-refractivity contribution in [3.63, 3.8) is 0 Å². The van der Waals surface area contributed by atoms with Gasteiger partial charge in [0, 0.05) is 25.9 Å². The van der Waals surface area contributed by atoms with Crippen LogP contribution in [0.2, 0.25) is 0 Å². The lowest BCUT2D eigenvalue weighted by atomic mass is 10.00. The van der Waals surface area contributed by atoms with Crippen molar-refractivity contribution in [3.05, 3.63) is 18.1 Å². The predicted octanol–water partition coefficient (Wildman–Crippen LogP) is 1.18. The third-order valence-electron chi connectivity index (χ3n) is 3.36. The number of nitrogens with zero attached hydrogens (tertiary/aromatic N) is 3. The lowest BCUT2D eigenvalue weighted by Gasteiger charge is -2.38.